The maximum atomic E-state index is 12.6. The van der Waals surface area contributed by atoms with E-state index in [4.69, 9.17) is 16.6 Å². The summed E-state index contributed by atoms with van der Waals surface area (Å²) in [7, 11) is 0. The molecule has 1 aliphatic rings. The normalized spacial score (nSPS) is 14.2. The Kier molecular flexibility index (Phi) is 4.66. The van der Waals surface area contributed by atoms with Gasteiger partial charge in [0.05, 0.1) is 11.1 Å². The van der Waals surface area contributed by atoms with Crippen LogP contribution < -0.4 is 4.90 Å². The van der Waals surface area contributed by atoms with Gasteiger partial charge in [-0.3, -0.25) is 4.79 Å². The zero-order chi connectivity index (χ0) is 18.8. The van der Waals surface area contributed by atoms with Crippen molar-refractivity contribution in [1.82, 2.24) is 9.88 Å². The minimum absolute atomic E-state index is 0.00158. The molecule has 1 amide bonds. The molecule has 2 aromatic carbocycles. The molecule has 5 nitrogen and oxygen atoms in total. The molecule has 0 saturated carbocycles. The first-order valence-electron chi connectivity index (χ1n) is 8.75. The quantitative estimate of drug-likeness (QED) is 0.683. The van der Waals surface area contributed by atoms with Gasteiger partial charge in [0.1, 0.15) is 11.9 Å². The highest BCUT2D eigenvalue weighted by Gasteiger charge is 2.24. The summed E-state index contributed by atoms with van der Waals surface area (Å²) < 4.78 is 0. The minimum atomic E-state index is -0.00158. The van der Waals surface area contributed by atoms with Gasteiger partial charge in [-0.25, -0.2) is 4.98 Å². The van der Waals surface area contributed by atoms with Crippen LogP contribution in [0.25, 0.3) is 10.9 Å². The van der Waals surface area contributed by atoms with Crippen molar-refractivity contribution in [3.63, 3.8) is 0 Å². The topological polar surface area (TPSA) is 60.2 Å². The number of halogens is 1. The van der Waals surface area contributed by atoms with Crippen LogP contribution in [0.3, 0.4) is 0 Å². The zero-order valence-electron chi connectivity index (χ0n) is 14.6. The number of anilines is 1. The molecule has 0 aliphatic carbocycles. The number of carbonyl (C=O) groups is 1. The molecule has 2 heterocycles. The van der Waals surface area contributed by atoms with E-state index in [2.05, 4.69) is 11.0 Å². The lowest BCUT2D eigenvalue weighted by molar-refractivity contribution is 0.0746. The lowest BCUT2D eigenvalue weighted by Crippen LogP contribution is -2.49. The molecule has 1 aliphatic heterocycles. The number of rotatable bonds is 2. The lowest BCUT2D eigenvalue weighted by Gasteiger charge is -2.35. The molecular formula is C21H17ClN4O. The third kappa shape index (κ3) is 3.44. The number of pyridine rings is 1. The van der Waals surface area contributed by atoms with Crippen LogP contribution in [0, 0.1) is 11.3 Å². The van der Waals surface area contributed by atoms with E-state index >= 15 is 0 Å². The molecular weight excluding hydrogens is 360 g/mol. The molecule has 4 rings (SSSR count). The fraction of sp³-hybridized carbons (Fsp3) is 0.190. The lowest BCUT2D eigenvalue weighted by atomic mass is 10.1. The third-order valence-corrected chi connectivity index (χ3v) is 5.03. The van der Waals surface area contributed by atoms with Gasteiger partial charge in [-0.05, 0) is 36.4 Å². The Bertz CT molecular complexity index is 1030. The van der Waals surface area contributed by atoms with Crippen molar-refractivity contribution < 1.29 is 4.79 Å². The van der Waals surface area contributed by atoms with E-state index in [1.807, 2.05) is 35.2 Å². The van der Waals surface area contributed by atoms with E-state index < -0.39 is 0 Å². The zero-order valence-corrected chi connectivity index (χ0v) is 15.4. The van der Waals surface area contributed by atoms with Gasteiger partial charge < -0.3 is 9.80 Å². The van der Waals surface area contributed by atoms with E-state index in [9.17, 15) is 10.1 Å². The Balaban J connectivity index is 1.52. The van der Waals surface area contributed by atoms with E-state index in [0.29, 0.717) is 48.1 Å². The highest BCUT2D eigenvalue weighted by molar-refractivity contribution is 6.30. The molecule has 1 aromatic heterocycles. The first-order chi connectivity index (χ1) is 13.2. The fourth-order valence-corrected chi connectivity index (χ4v) is 3.45. The number of benzene rings is 2. The summed E-state index contributed by atoms with van der Waals surface area (Å²) in [5.41, 5.74) is 2.06. The predicted molar refractivity (Wildman–Crippen MR) is 106 cm³/mol. The van der Waals surface area contributed by atoms with Crippen molar-refractivity contribution in [2.24, 2.45) is 0 Å². The summed E-state index contributed by atoms with van der Waals surface area (Å²) in [5.74, 6) is 0.688. The van der Waals surface area contributed by atoms with Gasteiger partial charge in [-0.1, -0.05) is 29.8 Å². The highest BCUT2D eigenvalue weighted by atomic mass is 35.5. The first kappa shape index (κ1) is 17.3. The standard InChI is InChI=1S/C21H17ClN4O/c22-18-7-5-15(6-8-18)21(27)26-11-9-25(10-12-26)20-17(14-23)13-16-3-1-2-4-19(16)24-20/h1-8,13H,9-12H2. The highest BCUT2D eigenvalue weighted by Crippen LogP contribution is 2.24. The molecule has 0 spiro atoms. The Hall–Kier alpha value is -3.10. The second-order valence-electron chi connectivity index (χ2n) is 6.45. The molecule has 0 N–H and O–H groups in total. The van der Waals surface area contributed by atoms with Gasteiger partial charge in [0.2, 0.25) is 0 Å². The summed E-state index contributed by atoms with van der Waals surface area (Å²) in [5, 5.41) is 11.1. The third-order valence-electron chi connectivity index (χ3n) is 4.78. The Morgan fingerprint density at radius 3 is 2.44 bits per heavy atom. The fourth-order valence-electron chi connectivity index (χ4n) is 3.33. The van der Waals surface area contributed by atoms with Gasteiger partial charge >= 0.3 is 0 Å². The molecule has 134 valence electrons. The number of hydrogen-bond acceptors (Lipinski definition) is 4. The number of hydrogen-bond donors (Lipinski definition) is 0. The van der Waals surface area contributed by atoms with Crippen LogP contribution in [0.4, 0.5) is 5.82 Å². The van der Waals surface area contributed by atoms with Gasteiger partial charge in [0, 0.05) is 42.2 Å². The van der Waals surface area contributed by atoms with Crippen LogP contribution in [-0.2, 0) is 0 Å². The monoisotopic (exact) mass is 376 g/mol. The van der Waals surface area contributed by atoms with Gasteiger partial charge in [0.25, 0.3) is 5.91 Å². The predicted octanol–water partition coefficient (Wildman–Crippen LogP) is 3.72. The summed E-state index contributed by atoms with van der Waals surface area (Å²) in [6.07, 6.45) is 0. The molecule has 0 atom stereocenters. The van der Waals surface area contributed by atoms with Gasteiger partial charge in [-0.15, -0.1) is 0 Å². The molecule has 27 heavy (non-hydrogen) atoms. The van der Waals surface area contributed by atoms with Crippen LogP contribution in [-0.4, -0.2) is 42.0 Å². The number of amides is 1. The molecule has 6 heteroatoms. The smallest absolute Gasteiger partial charge is 0.253 e. The first-order valence-corrected chi connectivity index (χ1v) is 9.13. The molecule has 1 fully saturated rings. The van der Waals surface area contributed by atoms with E-state index in [1.165, 1.54) is 0 Å². The second-order valence-corrected chi connectivity index (χ2v) is 6.89. The molecule has 0 radical (unpaired) electrons. The number of nitriles is 1. The summed E-state index contributed by atoms with van der Waals surface area (Å²) >= 11 is 5.89. The van der Waals surface area contributed by atoms with Crippen molar-refractivity contribution >= 4 is 34.2 Å². The molecule has 1 saturated heterocycles. The van der Waals surface area contributed by atoms with Crippen molar-refractivity contribution in [2.75, 3.05) is 31.1 Å². The van der Waals surface area contributed by atoms with Crippen molar-refractivity contribution in [2.45, 2.75) is 0 Å². The maximum Gasteiger partial charge on any atom is 0.253 e. The number of nitrogens with zero attached hydrogens (tertiary/aromatic N) is 4. The van der Waals surface area contributed by atoms with Crippen molar-refractivity contribution in [3.8, 4) is 6.07 Å². The Morgan fingerprint density at radius 1 is 1.04 bits per heavy atom. The number of piperazine rings is 1. The van der Waals surface area contributed by atoms with Gasteiger partial charge in [-0.2, -0.15) is 5.26 Å². The van der Waals surface area contributed by atoms with Gasteiger partial charge in [0.15, 0.2) is 0 Å². The SMILES string of the molecule is N#Cc1cc2ccccc2nc1N1CCN(C(=O)c2ccc(Cl)cc2)CC1. The van der Waals surface area contributed by atoms with E-state index in [0.717, 1.165) is 10.9 Å². The average Bonchev–Trinajstić information content (AvgIpc) is 2.73. The second kappa shape index (κ2) is 7.26. The van der Waals surface area contributed by atoms with E-state index in [1.54, 1.807) is 24.3 Å². The summed E-state index contributed by atoms with van der Waals surface area (Å²) in [4.78, 5) is 21.2. The maximum absolute atomic E-state index is 12.6. The van der Waals surface area contributed by atoms with Crippen LogP contribution in [0.15, 0.2) is 54.6 Å². The van der Waals surface area contributed by atoms with Crippen molar-refractivity contribution in [1.29, 1.82) is 5.26 Å². The van der Waals surface area contributed by atoms with Crippen LogP contribution in [0.5, 0.6) is 0 Å². The molecule has 3 aromatic rings. The van der Waals surface area contributed by atoms with Crippen LogP contribution in [0.2, 0.25) is 5.02 Å². The largest absolute Gasteiger partial charge is 0.352 e. The minimum Gasteiger partial charge on any atom is -0.352 e. The Morgan fingerprint density at radius 2 is 1.74 bits per heavy atom. The van der Waals surface area contributed by atoms with Crippen LogP contribution in [0.1, 0.15) is 15.9 Å². The molecule has 0 bridgehead atoms. The Labute approximate surface area is 162 Å². The van der Waals surface area contributed by atoms with Crippen LogP contribution >= 0.6 is 11.6 Å². The summed E-state index contributed by atoms with van der Waals surface area (Å²) in [6, 6.07) is 18.8. The number of aromatic nitrogens is 1. The number of fused-ring (bicyclic) bond motifs is 1. The average molecular weight is 377 g/mol. The van der Waals surface area contributed by atoms with E-state index in [-0.39, 0.29) is 5.91 Å². The summed E-state index contributed by atoms with van der Waals surface area (Å²) in [6.45, 7) is 2.44. The number of para-hydroxylation sites is 1. The number of carbonyl (C=O) groups excluding carboxylic acids is 1. The van der Waals surface area contributed by atoms with Crippen molar-refractivity contribution in [3.05, 3.63) is 70.7 Å². The molecule has 0 unspecified atom stereocenters.